The highest BCUT2D eigenvalue weighted by atomic mass is 16.6. The summed E-state index contributed by atoms with van der Waals surface area (Å²) in [4.78, 5) is 12.2. The highest BCUT2D eigenvalue weighted by molar-refractivity contribution is 5.79. The Labute approximate surface area is 124 Å². The zero-order chi connectivity index (χ0) is 15.0. The Hall–Kier alpha value is -2.33. The van der Waals surface area contributed by atoms with Crippen LogP contribution in [0.1, 0.15) is 17.2 Å². The molecule has 1 aliphatic rings. The molecule has 2 aromatic carbocycles. The van der Waals surface area contributed by atoms with E-state index in [1.807, 2.05) is 36.4 Å². The maximum absolute atomic E-state index is 12.2. The van der Waals surface area contributed by atoms with Crippen molar-refractivity contribution in [2.24, 2.45) is 0 Å². The topological polar surface area (TPSA) is 32.8 Å². The van der Waals surface area contributed by atoms with Crippen LogP contribution in [0.25, 0.3) is 11.1 Å². The molecule has 0 aromatic heterocycles. The van der Waals surface area contributed by atoms with Gasteiger partial charge in [0.15, 0.2) is 6.10 Å². The lowest BCUT2D eigenvalue weighted by atomic mass is 10.1. The molecule has 4 nitrogen and oxygen atoms in total. The van der Waals surface area contributed by atoms with Gasteiger partial charge in [0.2, 0.25) is 0 Å². The summed E-state index contributed by atoms with van der Waals surface area (Å²) in [6.45, 7) is 0. The third-order valence-corrected chi connectivity index (χ3v) is 3.86. The van der Waals surface area contributed by atoms with Crippen LogP contribution in [0.5, 0.6) is 0 Å². The van der Waals surface area contributed by atoms with Crippen LogP contribution in [-0.4, -0.2) is 37.3 Å². The highest BCUT2D eigenvalue weighted by Gasteiger charge is 2.32. The highest BCUT2D eigenvalue weighted by Crippen LogP contribution is 2.45. The molecule has 0 saturated heterocycles. The largest absolute Gasteiger partial charge is 0.435 e. The minimum absolute atomic E-state index is 0.340. The lowest BCUT2D eigenvalue weighted by Gasteiger charge is -2.25. The van der Waals surface area contributed by atoms with Crippen molar-refractivity contribution in [3.63, 3.8) is 0 Å². The Kier molecular flexibility index (Phi) is 3.39. The molecule has 21 heavy (non-hydrogen) atoms. The number of nitrogens with zero attached hydrogens (tertiary/aromatic N) is 2. The van der Waals surface area contributed by atoms with Gasteiger partial charge in [-0.1, -0.05) is 48.5 Å². The quantitative estimate of drug-likeness (QED) is 0.792. The second kappa shape index (κ2) is 5.22. The molecule has 4 heteroatoms. The van der Waals surface area contributed by atoms with E-state index < -0.39 is 0 Å². The van der Waals surface area contributed by atoms with Gasteiger partial charge >= 0.3 is 6.09 Å². The maximum Gasteiger partial charge on any atom is 0.425 e. The monoisotopic (exact) mass is 282 g/mol. The molecule has 0 radical (unpaired) electrons. The van der Waals surface area contributed by atoms with Gasteiger partial charge in [-0.25, -0.2) is 14.8 Å². The average Bonchev–Trinajstić information content (AvgIpc) is 2.81. The molecule has 0 bridgehead atoms. The molecule has 108 valence electrons. The normalized spacial score (nSPS) is 13.0. The average molecular weight is 282 g/mol. The molecule has 2 aromatic rings. The number of hydrogen-bond donors (Lipinski definition) is 0. The summed E-state index contributed by atoms with van der Waals surface area (Å²) >= 11 is 0. The van der Waals surface area contributed by atoms with Crippen molar-refractivity contribution in [2.45, 2.75) is 6.10 Å². The van der Waals surface area contributed by atoms with E-state index in [9.17, 15) is 4.79 Å². The van der Waals surface area contributed by atoms with Crippen molar-refractivity contribution in [1.82, 2.24) is 10.0 Å². The van der Waals surface area contributed by atoms with Crippen molar-refractivity contribution < 1.29 is 9.53 Å². The van der Waals surface area contributed by atoms with E-state index in [0.29, 0.717) is 0 Å². The second-order valence-corrected chi connectivity index (χ2v) is 5.31. The van der Waals surface area contributed by atoms with E-state index in [-0.39, 0.29) is 12.2 Å². The van der Waals surface area contributed by atoms with Crippen LogP contribution in [0.3, 0.4) is 0 Å². The molecular weight excluding hydrogens is 264 g/mol. The zero-order valence-corrected chi connectivity index (χ0v) is 12.4. The van der Waals surface area contributed by atoms with Gasteiger partial charge in [0.25, 0.3) is 0 Å². The van der Waals surface area contributed by atoms with E-state index in [2.05, 4.69) is 12.1 Å². The summed E-state index contributed by atoms with van der Waals surface area (Å²) in [5.41, 5.74) is 4.36. The minimum atomic E-state index is -0.364. The first-order valence-corrected chi connectivity index (χ1v) is 6.89. The van der Waals surface area contributed by atoms with Crippen LogP contribution in [0.4, 0.5) is 4.79 Å². The van der Waals surface area contributed by atoms with Gasteiger partial charge in [-0.15, -0.1) is 0 Å². The molecule has 0 saturated carbocycles. The van der Waals surface area contributed by atoms with Crippen LogP contribution in [-0.2, 0) is 4.74 Å². The summed E-state index contributed by atoms with van der Waals surface area (Å²) < 4.78 is 5.73. The van der Waals surface area contributed by atoms with Crippen molar-refractivity contribution in [2.75, 3.05) is 21.1 Å². The first-order chi connectivity index (χ1) is 10.1. The molecule has 1 aliphatic carbocycles. The van der Waals surface area contributed by atoms with E-state index in [0.717, 1.165) is 22.3 Å². The summed E-state index contributed by atoms with van der Waals surface area (Å²) in [7, 11) is 5.30. The van der Waals surface area contributed by atoms with Crippen molar-refractivity contribution >= 4 is 6.09 Å². The standard InChI is InChI=1S/C17H18N2O2/c1-18(2)19(3)17(20)21-16-14-10-6-4-8-12(14)13-9-5-7-11-15(13)16/h4-11,16H,1-3H3. The molecular formula is C17H18N2O2. The van der Waals surface area contributed by atoms with Crippen LogP contribution in [0, 0.1) is 0 Å². The molecule has 0 aliphatic heterocycles. The predicted molar refractivity (Wildman–Crippen MR) is 81.7 cm³/mol. The molecule has 0 heterocycles. The molecule has 0 atom stereocenters. The molecule has 0 fully saturated rings. The van der Waals surface area contributed by atoms with Crippen molar-refractivity contribution in [1.29, 1.82) is 0 Å². The number of rotatable bonds is 2. The van der Waals surface area contributed by atoms with E-state index in [1.54, 1.807) is 26.2 Å². The number of amides is 1. The number of fused-ring (bicyclic) bond motifs is 3. The predicted octanol–water partition coefficient (Wildman–Crippen LogP) is 3.30. The van der Waals surface area contributed by atoms with E-state index in [4.69, 9.17) is 4.74 Å². The van der Waals surface area contributed by atoms with Gasteiger partial charge in [0, 0.05) is 32.3 Å². The van der Waals surface area contributed by atoms with Crippen LogP contribution >= 0.6 is 0 Å². The van der Waals surface area contributed by atoms with Crippen LogP contribution in [0.2, 0.25) is 0 Å². The van der Waals surface area contributed by atoms with Gasteiger partial charge in [-0.2, -0.15) is 0 Å². The van der Waals surface area contributed by atoms with Gasteiger partial charge < -0.3 is 4.74 Å². The lowest BCUT2D eigenvalue weighted by molar-refractivity contribution is 0.0166. The lowest BCUT2D eigenvalue weighted by Crippen LogP contribution is -2.39. The smallest absolute Gasteiger partial charge is 0.425 e. The van der Waals surface area contributed by atoms with Gasteiger partial charge in [-0.3, -0.25) is 0 Å². The third kappa shape index (κ3) is 2.28. The number of benzene rings is 2. The Balaban J connectivity index is 1.98. The molecule has 3 rings (SSSR count). The summed E-state index contributed by atoms with van der Waals surface area (Å²) in [5.74, 6) is 0. The summed E-state index contributed by atoms with van der Waals surface area (Å²) in [6, 6.07) is 16.1. The van der Waals surface area contributed by atoms with Crippen LogP contribution < -0.4 is 0 Å². The number of hydrogen-bond acceptors (Lipinski definition) is 3. The SMILES string of the molecule is CN(C)N(C)C(=O)OC1c2ccccc2-c2ccccc21. The first-order valence-electron chi connectivity index (χ1n) is 6.89. The number of carbonyl (C=O) groups excluding carboxylic acids is 1. The Morgan fingerprint density at radius 3 is 1.86 bits per heavy atom. The fraction of sp³-hybridized carbons (Fsp3) is 0.235. The van der Waals surface area contributed by atoms with Gasteiger partial charge in [0.05, 0.1) is 0 Å². The van der Waals surface area contributed by atoms with E-state index in [1.165, 1.54) is 5.01 Å². The fourth-order valence-corrected chi connectivity index (χ4v) is 2.58. The Morgan fingerprint density at radius 2 is 1.38 bits per heavy atom. The van der Waals surface area contributed by atoms with Crippen LogP contribution in [0.15, 0.2) is 48.5 Å². The number of carbonyl (C=O) groups is 1. The fourth-order valence-electron chi connectivity index (χ4n) is 2.58. The van der Waals surface area contributed by atoms with E-state index >= 15 is 0 Å². The molecule has 0 N–H and O–H groups in total. The number of ether oxygens (including phenoxy) is 1. The third-order valence-electron chi connectivity index (χ3n) is 3.86. The summed E-state index contributed by atoms with van der Waals surface area (Å²) in [6.07, 6.45) is -0.705. The number of hydrazine groups is 1. The minimum Gasteiger partial charge on any atom is -0.435 e. The van der Waals surface area contributed by atoms with Gasteiger partial charge in [0.1, 0.15) is 0 Å². The Morgan fingerprint density at radius 1 is 0.905 bits per heavy atom. The van der Waals surface area contributed by atoms with Crippen molar-refractivity contribution in [3.05, 3.63) is 59.7 Å². The van der Waals surface area contributed by atoms with Crippen molar-refractivity contribution in [3.8, 4) is 11.1 Å². The zero-order valence-electron chi connectivity index (χ0n) is 12.4. The van der Waals surface area contributed by atoms with Gasteiger partial charge in [-0.05, 0) is 11.1 Å². The second-order valence-electron chi connectivity index (χ2n) is 5.31. The molecule has 1 amide bonds. The molecule has 0 unspecified atom stereocenters. The maximum atomic E-state index is 12.2. The first kappa shape index (κ1) is 13.6. The molecule has 0 spiro atoms. The summed E-state index contributed by atoms with van der Waals surface area (Å²) in [5, 5.41) is 3.14. The Bertz CT molecular complexity index is 636.